The Morgan fingerprint density at radius 2 is 2.05 bits per heavy atom. The van der Waals surface area contributed by atoms with Crippen molar-refractivity contribution in [3.8, 4) is 0 Å². The molecule has 0 radical (unpaired) electrons. The standard InChI is InChI=1S/C14H18BrCl2NO/c1-14(2,3)11(7-8-16)18-13(19)9-5-4-6-10(15)12(9)17/h4-6,11H,7-8H2,1-3H3,(H,18,19). The van der Waals surface area contributed by atoms with Gasteiger partial charge in [-0.15, -0.1) is 11.6 Å². The molecule has 0 saturated carbocycles. The molecule has 0 aromatic heterocycles. The molecule has 2 nitrogen and oxygen atoms in total. The summed E-state index contributed by atoms with van der Waals surface area (Å²) in [5.41, 5.74) is 0.420. The van der Waals surface area contributed by atoms with Gasteiger partial charge in [0.2, 0.25) is 0 Å². The van der Waals surface area contributed by atoms with Gasteiger partial charge in [-0.1, -0.05) is 38.4 Å². The van der Waals surface area contributed by atoms with Crippen LogP contribution in [0.4, 0.5) is 0 Å². The van der Waals surface area contributed by atoms with Gasteiger partial charge in [-0.05, 0) is 39.9 Å². The Balaban J connectivity index is 2.91. The van der Waals surface area contributed by atoms with E-state index < -0.39 is 0 Å². The number of benzene rings is 1. The smallest absolute Gasteiger partial charge is 0.253 e. The summed E-state index contributed by atoms with van der Waals surface area (Å²) in [4.78, 5) is 12.3. The van der Waals surface area contributed by atoms with Crippen molar-refractivity contribution in [1.82, 2.24) is 5.32 Å². The van der Waals surface area contributed by atoms with Gasteiger partial charge in [-0.3, -0.25) is 4.79 Å². The fourth-order valence-corrected chi connectivity index (χ4v) is 2.54. The normalized spacial score (nSPS) is 13.2. The highest BCUT2D eigenvalue weighted by atomic mass is 79.9. The van der Waals surface area contributed by atoms with Gasteiger partial charge in [0, 0.05) is 16.4 Å². The molecule has 1 atom stereocenters. The van der Waals surface area contributed by atoms with Crippen molar-refractivity contribution < 1.29 is 4.79 Å². The van der Waals surface area contributed by atoms with Crippen molar-refractivity contribution in [2.24, 2.45) is 5.41 Å². The maximum absolute atomic E-state index is 12.3. The van der Waals surface area contributed by atoms with E-state index >= 15 is 0 Å². The fourth-order valence-electron chi connectivity index (χ4n) is 1.75. The van der Waals surface area contributed by atoms with Crippen LogP contribution in [-0.2, 0) is 0 Å². The third-order valence-corrected chi connectivity index (χ3v) is 4.46. The molecule has 1 N–H and O–H groups in total. The molecular weight excluding hydrogens is 349 g/mol. The van der Waals surface area contributed by atoms with Crippen molar-refractivity contribution in [3.63, 3.8) is 0 Å². The number of amides is 1. The highest BCUT2D eigenvalue weighted by Crippen LogP contribution is 2.27. The van der Waals surface area contributed by atoms with E-state index in [1.807, 2.05) is 0 Å². The van der Waals surface area contributed by atoms with Crippen molar-refractivity contribution >= 4 is 45.0 Å². The van der Waals surface area contributed by atoms with Crippen molar-refractivity contribution in [3.05, 3.63) is 33.3 Å². The van der Waals surface area contributed by atoms with Gasteiger partial charge in [-0.25, -0.2) is 0 Å². The molecule has 0 fully saturated rings. The van der Waals surface area contributed by atoms with Crippen LogP contribution in [0.25, 0.3) is 0 Å². The average molecular weight is 367 g/mol. The number of rotatable bonds is 4. The Bertz CT molecular complexity index is 457. The van der Waals surface area contributed by atoms with Crippen LogP contribution in [0.1, 0.15) is 37.6 Å². The number of hydrogen-bond donors (Lipinski definition) is 1. The predicted molar refractivity (Wildman–Crippen MR) is 85.2 cm³/mol. The first-order valence-corrected chi connectivity index (χ1v) is 7.78. The molecule has 1 amide bonds. The number of carbonyl (C=O) groups excluding carboxylic acids is 1. The molecule has 1 rings (SSSR count). The van der Waals surface area contributed by atoms with Crippen molar-refractivity contribution in [2.75, 3.05) is 5.88 Å². The minimum absolute atomic E-state index is 0.00699. The van der Waals surface area contributed by atoms with Gasteiger partial charge >= 0.3 is 0 Å². The SMILES string of the molecule is CC(C)(C)C(CCCl)NC(=O)c1cccc(Br)c1Cl. The van der Waals surface area contributed by atoms with Crippen LogP contribution in [0.15, 0.2) is 22.7 Å². The Kier molecular flexibility index (Phi) is 6.15. The Labute approximate surface area is 133 Å². The molecule has 0 saturated heterocycles. The summed E-state index contributed by atoms with van der Waals surface area (Å²) < 4.78 is 0.714. The Morgan fingerprint density at radius 3 is 2.58 bits per heavy atom. The van der Waals surface area contributed by atoms with E-state index in [4.69, 9.17) is 23.2 Å². The second-order valence-electron chi connectivity index (χ2n) is 5.47. The lowest BCUT2D eigenvalue weighted by atomic mass is 9.85. The topological polar surface area (TPSA) is 29.1 Å². The lowest BCUT2D eigenvalue weighted by Gasteiger charge is -2.31. The zero-order valence-electron chi connectivity index (χ0n) is 11.3. The molecule has 0 aliphatic carbocycles. The van der Waals surface area contributed by atoms with E-state index in [1.165, 1.54) is 0 Å². The average Bonchev–Trinajstić information content (AvgIpc) is 2.30. The number of halogens is 3. The summed E-state index contributed by atoms with van der Waals surface area (Å²) in [6, 6.07) is 5.31. The third kappa shape index (κ3) is 4.66. The second-order valence-corrected chi connectivity index (χ2v) is 7.08. The van der Waals surface area contributed by atoms with Crippen LogP contribution >= 0.6 is 39.1 Å². The summed E-state index contributed by atoms with van der Waals surface area (Å²) in [5, 5.41) is 3.44. The largest absolute Gasteiger partial charge is 0.349 e. The van der Waals surface area contributed by atoms with E-state index in [1.54, 1.807) is 18.2 Å². The third-order valence-electron chi connectivity index (χ3n) is 2.94. The van der Waals surface area contributed by atoms with Gasteiger partial charge in [0.05, 0.1) is 10.6 Å². The Hall–Kier alpha value is -0.250. The molecular formula is C14H18BrCl2NO. The summed E-state index contributed by atoms with van der Waals surface area (Å²) >= 11 is 15.3. The van der Waals surface area contributed by atoms with Crippen molar-refractivity contribution in [2.45, 2.75) is 33.2 Å². The summed E-state index contributed by atoms with van der Waals surface area (Å²) in [7, 11) is 0. The van der Waals surface area contributed by atoms with E-state index in [0.717, 1.165) is 6.42 Å². The van der Waals surface area contributed by atoms with E-state index in [0.29, 0.717) is 20.9 Å². The van der Waals surface area contributed by atoms with E-state index in [-0.39, 0.29) is 17.4 Å². The fraction of sp³-hybridized carbons (Fsp3) is 0.500. The minimum atomic E-state index is -0.170. The first-order valence-electron chi connectivity index (χ1n) is 6.08. The molecule has 0 spiro atoms. The molecule has 1 unspecified atom stereocenters. The quantitative estimate of drug-likeness (QED) is 0.756. The monoisotopic (exact) mass is 365 g/mol. The zero-order valence-corrected chi connectivity index (χ0v) is 14.4. The molecule has 0 aliphatic heterocycles. The first-order chi connectivity index (χ1) is 8.77. The second kappa shape index (κ2) is 6.96. The molecule has 1 aromatic rings. The molecule has 1 aromatic carbocycles. The molecule has 5 heteroatoms. The number of nitrogens with one attached hydrogen (secondary N) is 1. The molecule has 0 heterocycles. The molecule has 19 heavy (non-hydrogen) atoms. The van der Waals surface area contributed by atoms with Crippen LogP contribution in [0.5, 0.6) is 0 Å². The molecule has 106 valence electrons. The van der Waals surface area contributed by atoms with Crippen LogP contribution < -0.4 is 5.32 Å². The highest BCUT2D eigenvalue weighted by molar-refractivity contribution is 9.10. The molecule has 0 aliphatic rings. The van der Waals surface area contributed by atoms with E-state index in [9.17, 15) is 4.79 Å². The lowest BCUT2D eigenvalue weighted by Crippen LogP contribution is -2.44. The van der Waals surface area contributed by atoms with Crippen LogP contribution in [0, 0.1) is 5.41 Å². The van der Waals surface area contributed by atoms with E-state index in [2.05, 4.69) is 42.0 Å². The number of alkyl halides is 1. The minimum Gasteiger partial charge on any atom is -0.349 e. The number of carbonyl (C=O) groups is 1. The maximum Gasteiger partial charge on any atom is 0.253 e. The zero-order chi connectivity index (χ0) is 14.6. The number of hydrogen-bond acceptors (Lipinski definition) is 1. The van der Waals surface area contributed by atoms with Crippen molar-refractivity contribution in [1.29, 1.82) is 0 Å². The summed E-state index contributed by atoms with van der Waals surface area (Å²) in [6.45, 7) is 6.23. The van der Waals surface area contributed by atoms with Gasteiger partial charge < -0.3 is 5.32 Å². The lowest BCUT2D eigenvalue weighted by molar-refractivity contribution is 0.0900. The summed E-state index contributed by atoms with van der Waals surface area (Å²) in [5.74, 6) is 0.338. The van der Waals surface area contributed by atoms with Gasteiger partial charge in [0.15, 0.2) is 0 Å². The summed E-state index contributed by atoms with van der Waals surface area (Å²) in [6.07, 6.45) is 0.725. The van der Waals surface area contributed by atoms with Crippen LogP contribution in [-0.4, -0.2) is 17.8 Å². The van der Waals surface area contributed by atoms with Gasteiger partial charge in [0.1, 0.15) is 0 Å². The highest BCUT2D eigenvalue weighted by Gasteiger charge is 2.26. The van der Waals surface area contributed by atoms with Gasteiger partial charge in [-0.2, -0.15) is 0 Å². The van der Waals surface area contributed by atoms with Crippen LogP contribution in [0.2, 0.25) is 5.02 Å². The van der Waals surface area contributed by atoms with Crippen LogP contribution in [0.3, 0.4) is 0 Å². The first kappa shape index (κ1) is 16.8. The van der Waals surface area contributed by atoms with Gasteiger partial charge in [0.25, 0.3) is 5.91 Å². The predicted octanol–water partition coefficient (Wildman–Crippen LogP) is 4.88. The maximum atomic E-state index is 12.3. The molecule has 0 bridgehead atoms. The Morgan fingerprint density at radius 1 is 1.42 bits per heavy atom.